The van der Waals surface area contributed by atoms with Crippen LogP contribution in [0.1, 0.15) is 71.6 Å². The second-order valence-electron chi connectivity index (χ2n) is 9.59. The average Bonchev–Trinajstić information content (AvgIpc) is 3.07. The number of carbonyl (C=O) groups is 2. The molecule has 0 aromatic heterocycles. The van der Waals surface area contributed by atoms with Gasteiger partial charge >= 0.3 is 6.09 Å². The van der Waals surface area contributed by atoms with E-state index in [1.54, 1.807) is 0 Å². The molecule has 1 atom stereocenters. The lowest BCUT2D eigenvalue weighted by Crippen LogP contribution is -2.53. The van der Waals surface area contributed by atoms with Crippen LogP contribution in [0.25, 0.3) is 0 Å². The first-order valence-corrected chi connectivity index (χ1v) is 12.4. The van der Waals surface area contributed by atoms with Gasteiger partial charge in [-0.25, -0.2) is 4.79 Å². The molecule has 4 rings (SSSR count). The summed E-state index contributed by atoms with van der Waals surface area (Å²) in [5.74, 6) is 0.158. The Labute approximate surface area is 186 Å². The number of hydrogen-bond donors (Lipinski definition) is 1. The third-order valence-electron chi connectivity index (χ3n) is 8.18. The molecule has 0 saturated carbocycles. The van der Waals surface area contributed by atoms with Gasteiger partial charge in [0.25, 0.3) is 0 Å². The van der Waals surface area contributed by atoms with Crippen LogP contribution >= 0.6 is 0 Å². The zero-order valence-electron chi connectivity index (χ0n) is 19.3. The lowest BCUT2D eigenvalue weighted by Gasteiger charge is -2.44. The van der Waals surface area contributed by atoms with Gasteiger partial charge in [-0.05, 0) is 70.3 Å². The lowest BCUT2D eigenvalue weighted by atomic mass is 9.75. The smallest absolute Gasteiger partial charge is 0.409 e. The van der Waals surface area contributed by atoms with Crippen molar-refractivity contribution in [3.8, 4) is 0 Å². The SMILES string of the molecule is CCOC(=O)N1CCC(N2CCC(N3C(=O)C(CC)(CO)C4=C3CCCC4)CC2)CC1. The maximum Gasteiger partial charge on any atom is 0.409 e. The minimum absolute atomic E-state index is 0.0600. The predicted molar refractivity (Wildman–Crippen MR) is 118 cm³/mol. The quantitative estimate of drug-likeness (QED) is 0.721. The minimum atomic E-state index is -0.660. The average molecular weight is 434 g/mol. The van der Waals surface area contributed by atoms with E-state index in [1.807, 2.05) is 18.7 Å². The zero-order valence-corrected chi connectivity index (χ0v) is 19.3. The van der Waals surface area contributed by atoms with Gasteiger partial charge in [-0.2, -0.15) is 0 Å². The fraction of sp³-hybridized carbons (Fsp3) is 0.833. The molecule has 0 aromatic rings. The molecule has 1 unspecified atom stereocenters. The van der Waals surface area contributed by atoms with Gasteiger partial charge in [-0.15, -0.1) is 0 Å². The van der Waals surface area contributed by atoms with Crippen LogP contribution in [0, 0.1) is 5.41 Å². The van der Waals surface area contributed by atoms with E-state index in [9.17, 15) is 14.7 Å². The molecule has 0 radical (unpaired) electrons. The second-order valence-corrected chi connectivity index (χ2v) is 9.59. The fourth-order valence-corrected chi connectivity index (χ4v) is 6.32. The number of aliphatic hydroxyl groups is 1. The van der Waals surface area contributed by atoms with Crippen molar-refractivity contribution in [2.75, 3.05) is 39.4 Å². The monoisotopic (exact) mass is 433 g/mol. The van der Waals surface area contributed by atoms with E-state index < -0.39 is 5.41 Å². The van der Waals surface area contributed by atoms with Gasteiger partial charge in [0.05, 0.1) is 18.6 Å². The van der Waals surface area contributed by atoms with Crippen molar-refractivity contribution >= 4 is 12.0 Å². The third-order valence-corrected chi connectivity index (χ3v) is 8.18. The van der Waals surface area contributed by atoms with Crippen LogP contribution in [0.4, 0.5) is 4.79 Å². The van der Waals surface area contributed by atoms with E-state index >= 15 is 0 Å². The summed E-state index contributed by atoms with van der Waals surface area (Å²) in [6, 6.07) is 0.768. The molecule has 0 spiro atoms. The molecule has 2 fully saturated rings. The number of carbonyl (C=O) groups excluding carboxylic acids is 2. The summed E-state index contributed by atoms with van der Waals surface area (Å²) < 4.78 is 5.14. The van der Waals surface area contributed by atoms with Crippen LogP contribution in [0.15, 0.2) is 11.3 Å². The normalized spacial score (nSPS) is 28.9. The van der Waals surface area contributed by atoms with Crippen LogP contribution in [-0.4, -0.2) is 83.3 Å². The van der Waals surface area contributed by atoms with Crippen molar-refractivity contribution in [1.29, 1.82) is 0 Å². The molecule has 1 N–H and O–H groups in total. The summed E-state index contributed by atoms with van der Waals surface area (Å²) in [5.41, 5.74) is 1.82. The molecule has 7 nitrogen and oxygen atoms in total. The van der Waals surface area contributed by atoms with Crippen molar-refractivity contribution in [1.82, 2.24) is 14.7 Å². The van der Waals surface area contributed by atoms with Gasteiger partial charge in [-0.3, -0.25) is 4.79 Å². The number of aliphatic hydroxyl groups excluding tert-OH is 1. The number of allylic oxidation sites excluding steroid dienone is 1. The highest BCUT2D eigenvalue weighted by molar-refractivity contribution is 5.91. The van der Waals surface area contributed by atoms with E-state index in [0.717, 1.165) is 77.5 Å². The zero-order chi connectivity index (χ0) is 22.0. The molecule has 2 amide bonds. The summed E-state index contributed by atoms with van der Waals surface area (Å²) in [7, 11) is 0. The van der Waals surface area contributed by atoms with Crippen molar-refractivity contribution in [3.05, 3.63) is 11.3 Å². The minimum Gasteiger partial charge on any atom is -0.450 e. The first-order valence-electron chi connectivity index (χ1n) is 12.4. The highest BCUT2D eigenvalue weighted by Gasteiger charge is 2.53. The number of likely N-dealkylation sites (tertiary alicyclic amines) is 2. The Balaban J connectivity index is 1.37. The lowest BCUT2D eigenvalue weighted by molar-refractivity contribution is -0.140. The molecule has 31 heavy (non-hydrogen) atoms. The molecule has 3 aliphatic heterocycles. The molecule has 0 bridgehead atoms. The Hall–Kier alpha value is -1.60. The fourth-order valence-electron chi connectivity index (χ4n) is 6.32. The Morgan fingerprint density at radius 2 is 1.68 bits per heavy atom. The highest BCUT2D eigenvalue weighted by atomic mass is 16.6. The number of hydrogen-bond acceptors (Lipinski definition) is 5. The Morgan fingerprint density at radius 1 is 1.03 bits per heavy atom. The van der Waals surface area contributed by atoms with Crippen molar-refractivity contribution in [2.45, 2.75) is 83.7 Å². The van der Waals surface area contributed by atoms with Crippen LogP contribution in [0.5, 0.6) is 0 Å². The Morgan fingerprint density at radius 3 is 2.29 bits per heavy atom. The Kier molecular flexibility index (Phi) is 6.92. The molecular weight excluding hydrogens is 394 g/mol. The van der Waals surface area contributed by atoms with Crippen molar-refractivity contribution in [2.24, 2.45) is 5.41 Å². The van der Waals surface area contributed by atoms with Crippen LogP contribution in [-0.2, 0) is 9.53 Å². The van der Waals surface area contributed by atoms with Gasteiger partial charge in [-0.1, -0.05) is 6.92 Å². The number of rotatable bonds is 5. The summed E-state index contributed by atoms with van der Waals surface area (Å²) in [6.07, 6.45) is 8.69. The summed E-state index contributed by atoms with van der Waals surface area (Å²) >= 11 is 0. The standard InChI is InChI=1S/C24H39N3O4/c1-3-24(17-28)20-7-5-6-8-21(20)27(22(24)29)19-11-13-25(14-12-19)18-9-15-26(16-10-18)23(30)31-4-2/h18-19,28H,3-17H2,1-2H3. The van der Waals surface area contributed by atoms with Crippen molar-refractivity contribution < 1.29 is 19.4 Å². The largest absolute Gasteiger partial charge is 0.450 e. The van der Waals surface area contributed by atoms with Crippen molar-refractivity contribution in [3.63, 3.8) is 0 Å². The number of piperidine rings is 2. The topological polar surface area (TPSA) is 73.3 Å². The highest BCUT2D eigenvalue weighted by Crippen LogP contribution is 2.50. The Bertz CT molecular complexity index is 702. The van der Waals surface area contributed by atoms with E-state index in [4.69, 9.17) is 4.74 Å². The second kappa shape index (κ2) is 9.49. The number of amides is 2. The van der Waals surface area contributed by atoms with Gasteiger partial charge in [0, 0.05) is 44.0 Å². The van der Waals surface area contributed by atoms with Gasteiger partial charge < -0.3 is 24.5 Å². The third kappa shape index (κ3) is 3.99. The maximum absolute atomic E-state index is 13.6. The molecule has 174 valence electrons. The van der Waals surface area contributed by atoms with Gasteiger partial charge in [0.15, 0.2) is 0 Å². The summed E-state index contributed by atoms with van der Waals surface area (Å²) in [5, 5.41) is 10.2. The maximum atomic E-state index is 13.6. The summed E-state index contributed by atoms with van der Waals surface area (Å²) in [4.78, 5) is 32.0. The van der Waals surface area contributed by atoms with E-state index in [2.05, 4.69) is 9.80 Å². The van der Waals surface area contributed by atoms with E-state index in [-0.39, 0.29) is 24.6 Å². The molecule has 1 aliphatic carbocycles. The van der Waals surface area contributed by atoms with Gasteiger partial charge in [0.1, 0.15) is 0 Å². The number of ether oxygens (including phenoxy) is 1. The predicted octanol–water partition coefficient (Wildman–Crippen LogP) is 3.13. The van der Waals surface area contributed by atoms with Crippen LogP contribution < -0.4 is 0 Å². The first kappa shape index (κ1) is 22.6. The van der Waals surface area contributed by atoms with E-state index in [1.165, 1.54) is 11.3 Å². The van der Waals surface area contributed by atoms with Crippen LogP contribution in [0.2, 0.25) is 0 Å². The number of nitrogens with zero attached hydrogens (tertiary/aromatic N) is 3. The van der Waals surface area contributed by atoms with Gasteiger partial charge in [0.2, 0.25) is 5.91 Å². The van der Waals surface area contributed by atoms with E-state index in [0.29, 0.717) is 19.1 Å². The molecule has 2 saturated heterocycles. The molecule has 3 heterocycles. The molecule has 7 heteroatoms. The first-order chi connectivity index (χ1) is 15.1. The molecule has 0 aromatic carbocycles. The molecule has 4 aliphatic rings. The molecular formula is C24H39N3O4. The summed E-state index contributed by atoms with van der Waals surface area (Å²) in [6.45, 7) is 7.78. The van der Waals surface area contributed by atoms with Crippen LogP contribution in [0.3, 0.4) is 0 Å².